The van der Waals surface area contributed by atoms with Crippen molar-refractivity contribution in [1.29, 1.82) is 0 Å². The van der Waals surface area contributed by atoms with Crippen molar-refractivity contribution >= 4 is 23.7 Å². The third-order valence-corrected chi connectivity index (χ3v) is 3.33. The topological polar surface area (TPSA) is 99.8 Å². The zero-order chi connectivity index (χ0) is 15.5. The average molecular weight is 323 g/mol. The molecule has 11 heteroatoms. The largest absolute Gasteiger partial charge is 0.405 e. The van der Waals surface area contributed by atoms with E-state index in [1.807, 2.05) is 0 Å². The van der Waals surface area contributed by atoms with Crippen LogP contribution in [-0.2, 0) is 4.79 Å². The summed E-state index contributed by atoms with van der Waals surface area (Å²) >= 11 is 0.992. The Morgan fingerprint density at radius 3 is 2.71 bits per heavy atom. The molecule has 116 valence electrons. The number of alkyl halides is 3. The number of halogens is 3. The molecule has 21 heavy (non-hydrogen) atoms. The number of hydrogen-bond acceptors (Lipinski definition) is 5. The number of carbonyl (C=O) groups excluding carboxylic acids is 2. The molecule has 1 saturated carbocycles. The van der Waals surface area contributed by atoms with Gasteiger partial charge in [-0.25, -0.2) is 9.78 Å². The van der Waals surface area contributed by atoms with E-state index in [1.54, 1.807) is 5.32 Å². The third kappa shape index (κ3) is 5.61. The fourth-order valence-corrected chi connectivity index (χ4v) is 1.98. The van der Waals surface area contributed by atoms with Gasteiger partial charge in [0.05, 0.1) is 5.75 Å². The summed E-state index contributed by atoms with van der Waals surface area (Å²) in [5.74, 6) is 0.272. The van der Waals surface area contributed by atoms with Crippen molar-refractivity contribution in [1.82, 2.24) is 25.8 Å². The molecule has 7 nitrogen and oxygen atoms in total. The van der Waals surface area contributed by atoms with Gasteiger partial charge in [0.2, 0.25) is 11.1 Å². The predicted octanol–water partition coefficient (Wildman–Crippen LogP) is 1.16. The van der Waals surface area contributed by atoms with Crippen LogP contribution in [0.2, 0.25) is 0 Å². The smallest absolute Gasteiger partial charge is 0.329 e. The van der Waals surface area contributed by atoms with Crippen LogP contribution in [0.3, 0.4) is 0 Å². The first kappa shape index (κ1) is 15.6. The molecule has 3 amide bonds. The lowest BCUT2D eigenvalue weighted by atomic mass is 10.4. The Kier molecular flexibility index (Phi) is 4.70. The van der Waals surface area contributed by atoms with Gasteiger partial charge in [-0.15, -0.1) is 5.10 Å². The lowest BCUT2D eigenvalue weighted by Gasteiger charge is -2.08. The first-order chi connectivity index (χ1) is 9.83. The maximum absolute atomic E-state index is 11.8. The van der Waals surface area contributed by atoms with Crippen molar-refractivity contribution in [3.63, 3.8) is 0 Å². The highest BCUT2D eigenvalue weighted by atomic mass is 32.2. The fourth-order valence-electron chi connectivity index (χ4n) is 1.38. The quantitative estimate of drug-likeness (QED) is 0.706. The molecule has 3 N–H and O–H groups in total. The Morgan fingerprint density at radius 1 is 1.38 bits per heavy atom. The van der Waals surface area contributed by atoms with Gasteiger partial charge in [0.1, 0.15) is 12.4 Å². The van der Waals surface area contributed by atoms with E-state index in [0.717, 1.165) is 30.4 Å². The van der Waals surface area contributed by atoms with Gasteiger partial charge in [-0.2, -0.15) is 13.2 Å². The van der Waals surface area contributed by atoms with E-state index in [0.29, 0.717) is 11.1 Å². The maximum Gasteiger partial charge on any atom is 0.405 e. The van der Waals surface area contributed by atoms with E-state index in [4.69, 9.17) is 0 Å². The predicted molar refractivity (Wildman–Crippen MR) is 66.7 cm³/mol. The minimum absolute atomic E-state index is 0.165. The molecule has 0 aromatic carbocycles. The molecule has 1 aliphatic carbocycles. The Labute approximate surface area is 121 Å². The second-order valence-electron chi connectivity index (χ2n) is 4.41. The maximum atomic E-state index is 11.8. The van der Waals surface area contributed by atoms with Gasteiger partial charge in [-0.3, -0.25) is 15.2 Å². The second-order valence-corrected chi connectivity index (χ2v) is 5.35. The summed E-state index contributed by atoms with van der Waals surface area (Å²) in [6, 6.07) is -1.19. The van der Waals surface area contributed by atoms with Crippen molar-refractivity contribution < 1.29 is 22.8 Å². The zero-order valence-corrected chi connectivity index (χ0v) is 11.5. The summed E-state index contributed by atoms with van der Waals surface area (Å²) in [6.07, 6.45) is -2.41. The molecule has 0 radical (unpaired) electrons. The lowest BCUT2D eigenvalue weighted by molar-refractivity contribution is -0.124. The molecule has 1 heterocycles. The van der Waals surface area contributed by atoms with Crippen molar-refractivity contribution in [2.45, 2.75) is 30.1 Å². The molecular formula is C10H12F3N5O2S. The molecule has 1 aliphatic rings. The van der Waals surface area contributed by atoms with Crippen LogP contribution in [0.4, 0.5) is 18.0 Å². The SMILES string of the molecule is O=C(CSc1n[nH]c(C2CC2)n1)NC(=O)NCC(F)(F)F. The van der Waals surface area contributed by atoms with Gasteiger partial charge in [-0.05, 0) is 12.8 Å². The molecule has 0 unspecified atom stereocenters. The van der Waals surface area contributed by atoms with Crippen LogP contribution in [-0.4, -0.2) is 45.6 Å². The molecule has 0 saturated heterocycles. The molecular weight excluding hydrogens is 311 g/mol. The highest BCUT2D eigenvalue weighted by Crippen LogP contribution is 2.38. The van der Waals surface area contributed by atoms with Gasteiger partial charge in [0.25, 0.3) is 0 Å². The number of nitrogens with zero attached hydrogens (tertiary/aromatic N) is 2. The summed E-state index contributed by atoms with van der Waals surface area (Å²) in [7, 11) is 0. The van der Waals surface area contributed by atoms with E-state index < -0.39 is 24.7 Å². The van der Waals surface area contributed by atoms with Gasteiger partial charge in [-0.1, -0.05) is 11.8 Å². The number of H-pyrrole nitrogens is 1. The van der Waals surface area contributed by atoms with Crippen LogP contribution in [0.1, 0.15) is 24.6 Å². The molecule has 0 aliphatic heterocycles. The molecule has 2 rings (SSSR count). The van der Waals surface area contributed by atoms with E-state index >= 15 is 0 Å². The summed E-state index contributed by atoms with van der Waals surface area (Å²) in [5, 5.41) is 10.3. The fraction of sp³-hybridized carbons (Fsp3) is 0.600. The number of imide groups is 1. The lowest BCUT2D eigenvalue weighted by Crippen LogP contribution is -2.43. The Bertz CT molecular complexity index is 529. The van der Waals surface area contributed by atoms with Crippen LogP contribution >= 0.6 is 11.8 Å². The second kappa shape index (κ2) is 6.33. The number of aromatic nitrogens is 3. The van der Waals surface area contributed by atoms with E-state index in [1.165, 1.54) is 5.32 Å². The highest BCUT2D eigenvalue weighted by molar-refractivity contribution is 7.99. The summed E-state index contributed by atoms with van der Waals surface area (Å²) < 4.78 is 35.5. The minimum Gasteiger partial charge on any atom is -0.329 e. The molecule has 1 aromatic heterocycles. The van der Waals surface area contributed by atoms with Crippen molar-refractivity contribution in [2.75, 3.05) is 12.3 Å². The Hall–Kier alpha value is -1.78. The standard InChI is InChI=1S/C10H12F3N5O2S/c11-10(12,13)4-14-8(20)15-6(19)3-21-9-16-7(17-18-9)5-1-2-5/h5H,1-4H2,(H,16,17,18)(H2,14,15,19,20). The molecule has 1 aromatic rings. The van der Waals surface area contributed by atoms with Gasteiger partial charge >= 0.3 is 12.2 Å². The van der Waals surface area contributed by atoms with E-state index in [9.17, 15) is 22.8 Å². The number of thioether (sulfide) groups is 1. The minimum atomic E-state index is -4.52. The molecule has 0 bridgehead atoms. The van der Waals surface area contributed by atoms with Crippen molar-refractivity contribution in [3.8, 4) is 0 Å². The van der Waals surface area contributed by atoms with Crippen LogP contribution in [0.25, 0.3) is 0 Å². The van der Waals surface area contributed by atoms with Gasteiger partial charge in [0.15, 0.2) is 0 Å². The molecule has 0 atom stereocenters. The number of rotatable bonds is 5. The zero-order valence-electron chi connectivity index (χ0n) is 10.7. The van der Waals surface area contributed by atoms with E-state index in [-0.39, 0.29) is 5.75 Å². The summed E-state index contributed by atoms with van der Waals surface area (Å²) in [5.41, 5.74) is 0. The average Bonchev–Trinajstić information content (AvgIpc) is 3.13. The van der Waals surface area contributed by atoms with Crippen LogP contribution in [0, 0.1) is 0 Å². The number of urea groups is 1. The summed E-state index contributed by atoms with van der Waals surface area (Å²) in [6.45, 7) is -1.50. The van der Waals surface area contributed by atoms with Crippen molar-refractivity contribution in [2.24, 2.45) is 0 Å². The number of hydrogen-bond donors (Lipinski definition) is 3. The van der Waals surface area contributed by atoms with Crippen LogP contribution < -0.4 is 10.6 Å². The highest BCUT2D eigenvalue weighted by Gasteiger charge is 2.28. The van der Waals surface area contributed by atoms with E-state index in [2.05, 4.69) is 15.2 Å². The molecule has 1 fully saturated rings. The van der Waals surface area contributed by atoms with Gasteiger partial charge in [0, 0.05) is 5.92 Å². The first-order valence-electron chi connectivity index (χ1n) is 6.03. The third-order valence-electron chi connectivity index (χ3n) is 2.48. The number of nitrogens with one attached hydrogen (secondary N) is 3. The van der Waals surface area contributed by atoms with Crippen molar-refractivity contribution in [3.05, 3.63) is 5.82 Å². The Morgan fingerprint density at radius 2 is 2.10 bits per heavy atom. The number of amides is 3. The normalized spacial score (nSPS) is 14.8. The first-order valence-corrected chi connectivity index (χ1v) is 7.01. The Balaban J connectivity index is 1.67. The van der Waals surface area contributed by atoms with Crippen LogP contribution in [0.5, 0.6) is 0 Å². The number of carbonyl (C=O) groups is 2. The van der Waals surface area contributed by atoms with Gasteiger partial charge < -0.3 is 5.32 Å². The molecule has 0 spiro atoms. The summed E-state index contributed by atoms with van der Waals surface area (Å²) in [4.78, 5) is 26.5. The van der Waals surface area contributed by atoms with Crippen LogP contribution in [0.15, 0.2) is 5.16 Å². The monoisotopic (exact) mass is 323 g/mol. The number of aromatic amines is 1.